The molecule has 0 spiro atoms. The predicted octanol–water partition coefficient (Wildman–Crippen LogP) is 1.68. The largest absolute Gasteiger partial charge is 0.336 e. The van der Waals surface area contributed by atoms with Gasteiger partial charge in [-0.2, -0.15) is 0 Å². The predicted molar refractivity (Wildman–Crippen MR) is 66.3 cm³/mol. The van der Waals surface area contributed by atoms with Crippen LogP contribution in [0.15, 0.2) is 18.2 Å². The van der Waals surface area contributed by atoms with E-state index in [1.807, 2.05) is 0 Å². The molecule has 102 valence electrons. The molecule has 1 N–H and O–H groups in total. The molecule has 19 heavy (non-hydrogen) atoms. The van der Waals surface area contributed by atoms with Crippen molar-refractivity contribution in [2.24, 2.45) is 5.92 Å². The number of amides is 1. The Bertz CT molecular complexity index is 486. The van der Waals surface area contributed by atoms with Crippen LogP contribution in [0.5, 0.6) is 0 Å². The van der Waals surface area contributed by atoms with Gasteiger partial charge in [-0.3, -0.25) is 4.79 Å². The van der Waals surface area contributed by atoms with Gasteiger partial charge in [-0.1, -0.05) is 0 Å². The Hall–Kier alpha value is -1.49. The number of hydrogen-bond donors (Lipinski definition) is 1. The van der Waals surface area contributed by atoms with Crippen molar-refractivity contribution in [1.29, 1.82) is 0 Å². The molecular weight excluding hydrogens is 250 g/mol. The summed E-state index contributed by atoms with van der Waals surface area (Å²) in [5.74, 6) is -1.07. The van der Waals surface area contributed by atoms with Gasteiger partial charge < -0.3 is 10.2 Å². The minimum absolute atomic E-state index is 0.0344. The molecule has 0 aliphatic carbocycles. The van der Waals surface area contributed by atoms with Crippen LogP contribution >= 0.6 is 0 Å². The molecule has 3 nitrogen and oxygen atoms in total. The second kappa shape index (κ2) is 4.89. The highest BCUT2D eigenvalue weighted by Crippen LogP contribution is 2.27. The Morgan fingerprint density at radius 1 is 1.26 bits per heavy atom. The molecule has 0 saturated carbocycles. The fourth-order valence-corrected chi connectivity index (χ4v) is 3.07. The van der Waals surface area contributed by atoms with Gasteiger partial charge in [0.2, 0.25) is 5.91 Å². The maximum Gasteiger partial charge on any atom is 0.227 e. The van der Waals surface area contributed by atoms with Crippen LogP contribution in [-0.2, 0) is 11.3 Å². The molecule has 2 fully saturated rings. The quantitative estimate of drug-likeness (QED) is 0.883. The van der Waals surface area contributed by atoms with Crippen LogP contribution in [0.3, 0.4) is 0 Å². The number of carbonyl (C=O) groups is 1. The van der Waals surface area contributed by atoms with Gasteiger partial charge >= 0.3 is 0 Å². The molecule has 2 aliphatic heterocycles. The van der Waals surface area contributed by atoms with Crippen LogP contribution in [0.25, 0.3) is 0 Å². The fourth-order valence-electron chi connectivity index (χ4n) is 3.07. The van der Waals surface area contributed by atoms with E-state index in [-0.39, 0.29) is 24.4 Å². The average Bonchev–Trinajstić information content (AvgIpc) is 2.66. The van der Waals surface area contributed by atoms with Gasteiger partial charge in [-0.25, -0.2) is 8.78 Å². The molecule has 1 amide bonds. The zero-order valence-corrected chi connectivity index (χ0v) is 10.5. The number of carbonyl (C=O) groups excluding carboxylic acids is 1. The molecule has 2 heterocycles. The molecule has 5 heteroatoms. The van der Waals surface area contributed by atoms with E-state index >= 15 is 0 Å². The van der Waals surface area contributed by atoms with E-state index in [4.69, 9.17) is 0 Å². The highest BCUT2D eigenvalue weighted by molar-refractivity contribution is 5.82. The van der Waals surface area contributed by atoms with Crippen molar-refractivity contribution in [1.82, 2.24) is 10.2 Å². The summed E-state index contributed by atoms with van der Waals surface area (Å²) in [4.78, 5) is 13.9. The zero-order chi connectivity index (χ0) is 13.4. The minimum atomic E-state index is -0.600. The molecule has 2 saturated heterocycles. The van der Waals surface area contributed by atoms with Crippen molar-refractivity contribution in [3.05, 3.63) is 35.4 Å². The van der Waals surface area contributed by atoms with Crippen molar-refractivity contribution in [2.75, 3.05) is 13.1 Å². The maximum absolute atomic E-state index is 13.1. The molecule has 2 unspecified atom stereocenters. The van der Waals surface area contributed by atoms with E-state index in [1.165, 1.54) is 12.1 Å². The average molecular weight is 266 g/mol. The first-order chi connectivity index (χ1) is 9.13. The Labute approximate surface area is 110 Å². The lowest BCUT2D eigenvalue weighted by Gasteiger charge is -2.23. The summed E-state index contributed by atoms with van der Waals surface area (Å²) in [6.07, 6.45) is 1.92. The van der Waals surface area contributed by atoms with Crippen LogP contribution in [0.1, 0.15) is 18.4 Å². The van der Waals surface area contributed by atoms with Gasteiger partial charge in [-0.15, -0.1) is 0 Å². The molecule has 0 bridgehead atoms. The Balaban J connectivity index is 1.75. The van der Waals surface area contributed by atoms with E-state index in [0.29, 0.717) is 12.1 Å². The first kappa shape index (κ1) is 12.5. The summed E-state index contributed by atoms with van der Waals surface area (Å²) >= 11 is 0. The second-order valence-electron chi connectivity index (χ2n) is 5.31. The third kappa shape index (κ3) is 2.47. The van der Waals surface area contributed by atoms with Crippen molar-refractivity contribution in [2.45, 2.75) is 25.4 Å². The minimum Gasteiger partial charge on any atom is -0.336 e. The fraction of sp³-hybridized carbons (Fsp3) is 0.500. The van der Waals surface area contributed by atoms with E-state index in [2.05, 4.69) is 5.32 Å². The lowest BCUT2D eigenvalue weighted by Crippen LogP contribution is -2.41. The third-order valence-corrected chi connectivity index (χ3v) is 3.93. The van der Waals surface area contributed by atoms with Crippen LogP contribution in [0.4, 0.5) is 8.78 Å². The number of hydrogen-bond acceptors (Lipinski definition) is 2. The van der Waals surface area contributed by atoms with Gasteiger partial charge in [0.1, 0.15) is 11.6 Å². The van der Waals surface area contributed by atoms with Gasteiger partial charge in [0.25, 0.3) is 0 Å². The topological polar surface area (TPSA) is 32.3 Å². The molecular formula is C14H16F2N2O. The summed E-state index contributed by atoms with van der Waals surface area (Å²) in [6.45, 7) is 1.85. The number of likely N-dealkylation sites (tertiary alicyclic amines) is 1. The number of nitrogens with zero attached hydrogens (tertiary/aromatic N) is 1. The lowest BCUT2D eigenvalue weighted by molar-refractivity contribution is -0.131. The zero-order valence-electron chi connectivity index (χ0n) is 10.5. The standard InChI is InChI=1S/C14H16F2N2O/c15-10-4-9(5-11(16)6-10)7-18-8-13-12(14(18)19)2-1-3-17-13/h4-6,12-13,17H,1-3,7-8H2. The number of piperidine rings is 1. The van der Waals surface area contributed by atoms with Crippen LogP contribution < -0.4 is 5.32 Å². The Kier molecular flexibility index (Phi) is 3.22. The normalized spacial score (nSPS) is 26.6. The van der Waals surface area contributed by atoms with Crippen LogP contribution in [0.2, 0.25) is 0 Å². The monoisotopic (exact) mass is 266 g/mol. The maximum atomic E-state index is 13.1. The number of fused-ring (bicyclic) bond motifs is 1. The van der Waals surface area contributed by atoms with Crippen molar-refractivity contribution in [3.63, 3.8) is 0 Å². The van der Waals surface area contributed by atoms with Crippen LogP contribution in [-0.4, -0.2) is 29.9 Å². The molecule has 1 aromatic rings. The summed E-state index contributed by atoms with van der Waals surface area (Å²) in [5, 5.41) is 3.34. The first-order valence-corrected chi connectivity index (χ1v) is 6.60. The third-order valence-electron chi connectivity index (χ3n) is 3.93. The van der Waals surface area contributed by atoms with Gasteiger partial charge in [0.05, 0.1) is 5.92 Å². The van der Waals surface area contributed by atoms with Crippen molar-refractivity contribution >= 4 is 5.91 Å². The summed E-state index contributed by atoms with van der Waals surface area (Å²) in [6, 6.07) is 3.60. The van der Waals surface area contributed by atoms with E-state index < -0.39 is 11.6 Å². The summed E-state index contributed by atoms with van der Waals surface area (Å²) in [5.41, 5.74) is 0.504. The molecule has 2 aliphatic rings. The smallest absolute Gasteiger partial charge is 0.227 e. The van der Waals surface area contributed by atoms with Crippen molar-refractivity contribution in [3.8, 4) is 0 Å². The number of benzene rings is 1. The van der Waals surface area contributed by atoms with E-state index in [0.717, 1.165) is 25.5 Å². The van der Waals surface area contributed by atoms with Gasteiger partial charge in [-0.05, 0) is 37.1 Å². The van der Waals surface area contributed by atoms with Crippen LogP contribution in [0, 0.1) is 17.6 Å². The SMILES string of the molecule is O=C1C2CCCNC2CN1Cc1cc(F)cc(F)c1. The summed E-state index contributed by atoms with van der Waals surface area (Å²) < 4.78 is 26.3. The molecule has 3 rings (SSSR count). The molecule has 1 aromatic carbocycles. The van der Waals surface area contributed by atoms with Crippen molar-refractivity contribution < 1.29 is 13.6 Å². The Morgan fingerprint density at radius 2 is 2.00 bits per heavy atom. The van der Waals surface area contributed by atoms with E-state index in [1.54, 1.807) is 4.90 Å². The first-order valence-electron chi connectivity index (χ1n) is 6.60. The van der Waals surface area contributed by atoms with Gasteiger partial charge in [0, 0.05) is 25.2 Å². The Morgan fingerprint density at radius 3 is 2.68 bits per heavy atom. The number of rotatable bonds is 2. The second-order valence-corrected chi connectivity index (χ2v) is 5.31. The summed E-state index contributed by atoms with van der Waals surface area (Å²) in [7, 11) is 0. The molecule has 0 aromatic heterocycles. The highest BCUT2D eigenvalue weighted by atomic mass is 19.1. The highest BCUT2D eigenvalue weighted by Gasteiger charge is 2.41. The number of halogens is 2. The van der Waals surface area contributed by atoms with E-state index in [9.17, 15) is 13.6 Å². The number of nitrogens with one attached hydrogen (secondary N) is 1. The molecule has 2 atom stereocenters. The lowest BCUT2D eigenvalue weighted by atomic mass is 9.94. The molecule has 0 radical (unpaired) electrons. The van der Waals surface area contributed by atoms with Gasteiger partial charge in [0.15, 0.2) is 0 Å².